The molecule has 0 N–H and O–H groups in total. The zero-order valence-electron chi connectivity index (χ0n) is 19.6. The second kappa shape index (κ2) is 9.48. The van der Waals surface area contributed by atoms with Gasteiger partial charge in [-0.15, -0.1) is 5.10 Å². The van der Waals surface area contributed by atoms with Crippen LogP contribution in [0.4, 0.5) is 10.1 Å². The van der Waals surface area contributed by atoms with Gasteiger partial charge < -0.3 is 9.64 Å². The molecule has 1 aromatic carbocycles. The number of tetrazole rings is 1. The highest BCUT2D eigenvalue weighted by atomic mass is 19.1. The summed E-state index contributed by atoms with van der Waals surface area (Å²) in [6.45, 7) is 14.0. The van der Waals surface area contributed by atoms with Crippen molar-refractivity contribution in [1.29, 1.82) is 0 Å². The van der Waals surface area contributed by atoms with Crippen LogP contribution < -0.4 is 0 Å². The van der Waals surface area contributed by atoms with E-state index in [1.165, 1.54) is 12.4 Å². The standard InChI is InChI=1S/C24H25FN8O2/c1-15-19(5-6-20(25)24(15)26-3)22-12-31-8-9-32(11-18(31)13-35-22)23(34)10-17-4-7-21(16(2)28-17)33-14-27-29-30-33/h4-7,14,18,22H,8-13H2,1-2H3/t18-,22-/m1/s1. The van der Waals surface area contributed by atoms with Gasteiger partial charge in [0.05, 0.1) is 48.8 Å². The molecule has 0 saturated carbocycles. The number of amides is 1. The van der Waals surface area contributed by atoms with Crippen molar-refractivity contribution >= 4 is 11.6 Å². The second-order valence-electron chi connectivity index (χ2n) is 8.87. The van der Waals surface area contributed by atoms with Gasteiger partial charge in [0.15, 0.2) is 0 Å². The molecule has 35 heavy (non-hydrogen) atoms. The van der Waals surface area contributed by atoms with Gasteiger partial charge in [0.1, 0.15) is 12.1 Å². The number of carbonyl (C=O) groups is 1. The quantitative estimate of drug-likeness (QED) is 0.533. The number of aryl methyl sites for hydroxylation is 1. The molecule has 2 atom stereocenters. The molecule has 0 bridgehead atoms. The third kappa shape index (κ3) is 4.50. The maximum atomic E-state index is 13.9. The number of rotatable bonds is 4. The highest BCUT2D eigenvalue weighted by Gasteiger charge is 2.36. The van der Waals surface area contributed by atoms with Crippen LogP contribution in [0.5, 0.6) is 0 Å². The molecule has 0 unspecified atom stereocenters. The molecule has 3 aromatic rings. The van der Waals surface area contributed by atoms with Crippen molar-refractivity contribution in [1.82, 2.24) is 35.0 Å². The van der Waals surface area contributed by atoms with Crippen LogP contribution in [-0.2, 0) is 16.0 Å². The number of piperazine rings is 1. The number of ether oxygens (including phenoxy) is 1. The zero-order valence-corrected chi connectivity index (χ0v) is 19.6. The van der Waals surface area contributed by atoms with Crippen LogP contribution in [-0.4, -0.2) is 79.7 Å². The number of morpholine rings is 1. The van der Waals surface area contributed by atoms with E-state index in [1.807, 2.05) is 24.0 Å². The molecular formula is C24H25FN8O2. The number of carbonyl (C=O) groups excluding carboxylic acids is 1. The lowest BCUT2D eigenvalue weighted by atomic mass is 9.98. The molecule has 2 aliphatic heterocycles. The maximum absolute atomic E-state index is 13.9. The Balaban J connectivity index is 1.21. The lowest BCUT2D eigenvalue weighted by Crippen LogP contribution is -2.59. The van der Waals surface area contributed by atoms with Crippen LogP contribution in [0.25, 0.3) is 10.5 Å². The number of fused-ring (bicyclic) bond motifs is 1. The summed E-state index contributed by atoms with van der Waals surface area (Å²) in [4.78, 5) is 25.1. The van der Waals surface area contributed by atoms with Crippen molar-refractivity contribution in [2.45, 2.75) is 32.4 Å². The predicted molar refractivity (Wildman–Crippen MR) is 123 cm³/mol. The third-order valence-corrected chi connectivity index (χ3v) is 6.77. The molecule has 4 heterocycles. The fourth-order valence-electron chi connectivity index (χ4n) is 4.85. The van der Waals surface area contributed by atoms with Crippen molar-refractivity contribution in [2.24, 2.45) is 0 Å². The Morgan fingerprint density at radius 1 is 1.23 bits per heavy atom. The van der Waals surface area contributed by atoms with E-state index in [0.29, 0.717) is 37.5 Å². The topological polar surface area (TPSA) is 93.6 Å². The zero-order chi connectivity index (χ0) is 24.5. The molecule has 1 amide bonds. The Morgan fingerprint density at radius 3 is 2.83 bits per heavy atom. The summed E-state index contributed by atoms with van der Waals surface area (Å²) in [5, 5.41) is 11.2. The molecule has 0 radical (unpaired) electrons. The fraction of sp³-hybridized carbons (Fsp3) is 0.417. The molecule has 2 saturated heterocycles. The van der Waals surface area contributed by atoms with Gasteiger partial charge in [-0.05, 0) is 53.6 Å². The van der Waals surface area contributed by atoms with Crippen LogP contribution in [0.1, 0.15) is 28.6 Å². The summed E-state index contributed by atoms with van der Waals surface area (Å²) in [5.74, 6) is -0.471. The Morgan fingerprint density at radius 2 is 2.09 bits per heavy atom. The number of aromatic nitrogens is 5. The fourth-order valence-corrected chi connectivity index (χ4v) is 4.85. The van der Waals surface area contributed by atoms with Crippen LogP contribution in [0.15, 0.2) is 30.6 Å². The van der Waals surface area contributed by atoms with Crippen molar-refractivity contribution in [3.63, 3.8) is 0 Å². The van der Waals surface area contributed by atoms with Gasteiger partial charge in [0.25, 0.3) is 0 Å². The van der Waals surface area contributed by atoms with E-state index in [4.69, 9.17) is 11.3 Å². The van der Waals surface area contributed by atoms with E-state index in [9.17, 15) is 9.18 Å². The van der Waals surface area contributed by atoms with E-state index in [0.717, 1.165) is 23.5 Å². The molecule has 2 aliphatic rings. The highest BCUT2D eigenvalue weighted by molar-refractivity contribution is 5.78. The first-order valence-corrected chi connectivity index (χ1v) is 11.4. The van der Waals surface area contributed by atoms with Crippen LogP contribution in [0.2, 0.25) is 0 Å². The molecule has 2 fully saturated rings. The Kier molecular flexibility index (Phi) is 6.23. The molecule has 5 rings (SSSR count). The first-order valence-electron chi connectivity index (χ1n) is 11.4. The molecule has 10 nitrogen and oxygen atoms in total. The minimum Gasteiger partial charge on any atom is -0.371 e. The minimum atomic E-state index is -0.503. The largest absolute Gasteiger partial charge is 0.371 e. The number of halogens is 1. The van der Waals surface area contributed by atoms with E-state index in [-0.39, 0.29) is 30.2 Å². The first kappa shape index (κ1) is 23.0. The highest BCUT2D eigenvalue weighted by Crippen LogP contribution is 2.34. The normalized spacial score (nSPS) is 20.3. The van der Waals surface area contributed by atoms with E-state index in [2.05, 4.69) is 30.3 Å². The molecule has 0 spiro atoms. The van der Waals surface area contributed by atoms with Crippen molar-refractivity contribution in [3.8, 4) is 5.69 Å². The van der Waals surface area contributed by atoms with Gasteiger partial charge in [-0.2, -0.15) is 4.68 Å². The average Bonchev–Trinajstić information content (AvgIpc) is 3.38. The van der Waals surface area contributed by atoms with Gasteiger partial charge in [-0.25, -0.2) is 9.24 Å². The van der Waals surface area contributed by atoms with Gasteiger partial charge in [-0.3, -0.25) is 14.7 Å². The summed E-state index contributed by atoms with van der Waals surface area (Å²) in [7, 11) is 0. The lowest BCUT2D eigenvalue weighted by Gasteiger charge is -2.46. The Bertz CT molecular complexity index is 1290. The Hall–Kier alpha value is -3.75. The SMILES string of the molecule is [C-]#[N+]c1c(F)ccc([C@H]2CN3CCN(C(=O)Cc4ccc(-n5cnnn5)c(C)n4)C[C@@H]3CO2)c1C. The van der Waals surface area contributed by atoms with Crippen molar-refractivity contribution < 1.29 is 13.9 Å². The number of nitrogens with zero attached hydrogens (tertiary/aromatic N) is 8. The first-order chi connectivity index (χ1) is 16.9. The summed E-state index contributed by atoms with van der Waals surface area (Å²) in [5.41, 5.74) is 3.75. The summed E-state index contributed by atoms with van der Waals surface area (Å²) < 4.78 is 21.6. The van der Waals surface area contributed by atoms with Crippen molar-refractivity contribution in [3.05, 3.63) is 70.3 Å². The van der Waals surface area contributed by atoms with Gasteiger partial charge >= 0.3 is 0 Å². The van der Waals surface area contributed by atoms with E-state index < -0.39 is 5.82 Å². The predicted octanol–water partition coefficient (Wildman–Crippen LogP) is 2.19. The number of hydrogen-bond acceptors (Lipinski definition) is 7. The van der Waals surface area contributed by atoms with Crippen molar-refractivity contribution in [2.75, 3.05) is 32.8 Å². The van der Waals surface area contributed by atoms with Gasteiger partial charge in [0.2, 0.25) is 11.6 Å². The number of hydrogen-bond donors (Lipinski definition) is 0. The molecule has 2 aromatic heterocycles. The smallest absolute Gasteiger partial charge is 0.228 e. The van der Waals surface area contributed by atoms with Crippen LogP contribution >= 0.6 is 0 Å². The number of pyridine rings is 1. The second-order valence-corrected chi connectivity index (χ2v) is 8.87. The summed E-state index contributed by atoms with van der Waals surface area (Å²) >= 11 is 0. The molecule has 11 heteroatoms. The summed E-state index contributed by atoms with van der Waals surface area (Å²) in [6.07, 6.45) is 1.51. The Labute approximate surface area is 202 Å². The average molecular weight is 477 g/mol. The van der Waals surface area contributed by atoms with Gasteiger partial charge in [0, 0.05) is 26.2 Å². The minimum absolute atomic E-state index is 0.0323. The molecule has 0 aliphatic carbocycles. The van der Waals surface area contributed by atoms with E-state index >= 15 is 0 Å². The van der Waals surface area contributed by atoms with E-state index in [1.54, 1.807) is 17.7 Å². The lowest BCUT2D eigenvalue weighted by molar-refractivity contribution is -0.139. The van der Waals surface area contributed by atoms with Crippen LogP contribution in [0, 0.1) is 26.2 Å². The number of benzene rings is 1. The van der Waals surface area contributed by atoms with Crippen LogP contribution in [0.3, 0.4) is 0 Å². The summed E-state index contributed by atoms with van der Waals surface area (Å²) in [6, 6.07) is 6.85. The third-order valence-electron chi connectivity index (χ3n) is 6.77. The monoisotopic (exact) mass is 476 g/mol. The van der Waals surface area contributed by atoms with Gasteiger partial charge in [-0.1, -0.05) is 6.07 Å². The maximum Gasteiger partial charge on any atom is 0.228 e. The molecule has 180 valence electrons. The molecular weight excluding hydrogens is 451 g/mol.